The van der Waals surface area contributed by atoms with Gasteiger partial charge in [-0.3, -0.25) is 0 Å². The maximum absolute atomic E-state index is 15.8. The van der Waals surface area contributed by atoms with Crippen LogP contribution in [0, 0.1) is 17.1 Å². The minimum absolute atomic E-state index is 0.0420. The van der Waals surface area contributed by atoms with Crippen LogP contribution in [0.2, 0.25) is 0 Å². The molecule has 1 aliphatic rings. The van der Waals surface area contributed by atoms with Crippen LogP contribution in [0.15, 0.2) is 36.4 Å². The number of hydrogen-bond acceptors (Lipinski definition) is 7. The van der Waals surface area contributed by atoms with E-state index in [2.05, 4.69) is 5.32 Å². The van der Waals surface area contributed by atoms with Gasteiger partial charge in [-0.25, -0.2) is 14.0 Å². The van der Waals surface area contributed by atoms with Gasteiger partial charge in [0.2, 0.25) is 0 Å². The third-order valence-corrected chi connectivity index (χ3v) is 5.45. The number of carbonyl (C=O) groups is 2. The molecule has 0 radical (unpaired) electrons. The molecule has 1 aliphatic heterocycles. The first-order chi connectivity index (χ1) is 16.9. The minimum Gasteiger partial charge on any atom is -0.494 e. The lowest BCUT2D eigenvalue weighted by Gasteiger charge is -2.31. The average molecular weight is 486 g/mol. The third-order valence-electron chi connectivity index (χ3n) is 5.45. The Morgan fingerprint density at radius 2 is 2.00 bits per heavy atom. The van der Waals surface area contributed by atoms with Crippen LogP contribution in [0.5, 0.6) is 11.5 Å². The summed E-state index contributed by atoms with van der Waals surface area (Å²) in [7, 11) is 0. The first-order valence-corrected chi connectivity index (χ1v) is 11.4. The Morgan fingerprint density at radius 1 is 1.26 bits per heavy atom. The summed E-state index contributed by atoms with van der Waals surface area (Å²) in [5.74, 6) is -1.33. The highest BCUT2D eigenvalue weighted by Gasteiger charge is 2.30. The zero-order valence-corrected chi connectivity index (χ0v) is 19.6. The zero-order chi connectivity index (χ0) is 25.4. The lowest BCUT2D eigenvalue weighted by atomic mass is 10.0. The Kier molecular flexibility index (Phi) is 8.73. The van der Waals surface area contributed by atoms with Crippen molar-refractivity contribution in [1.29, 1.82) is 5.26 Å². The quantitative estimate of drug-likeness (QED) is 0.504. The predicted octanol–water partition coefficient (Wildman–Crippen LogP) is 4.33. The normalized spacial score (nSPS) is 16.1. The van der Waals surface area contributed by atoms with Crippen molar-refractivity contribution in [3.8, 4) is 17.6 Å². The van der Waals surface area contributed by atoms with E-state index in [1.807, 2.05) is 6.07 Å². The number of amides is 1. The number of likely N-dealkylation sites (tertiary alicyclic amines) is 1. The van der Waals surface area contributed by atoms with Crippen molar-refractivity contribution in [3.05, 3.63) is 53.3 Å². The van der Waals surface area contributed by atoms with Gasteiger partial charge in [0.25, 0.3) is 0 Å². The van der Waals surface area contributed by atoms with E-state index in [0.29, 0.717) is 43.0 Å². The smallest absolute Gasteiger partial charge is 0.407 e. The molecule has 0 spiro atoms. The molecule has 0 aliphatic carbocycles. The van der Waals surface area contributed by atoms with E-state index in [9.17, 15) is 14.7 Å². The first kappa shape index (κ1) is 25.6. The molecule has 0 bridgehead atoms. The van der Waals surface area contributed by atoms with Crippen LogP contribution in [-0.4, -0.2) is 54.5 Å². The summed E-state index contributed by atoms with van der Waals surface area (Å²) in [6, 6.07) is 9.95. The SMILES string of the molecule is CCOC(=O)C(Nc1ccc(C#N)cc1)c1cc(OCC)cc(OC2CCCN(C(=O)O)C2)c1F. The number of nitriles is 1. The molecular weight excluding hydrogens is 457 g/mol. The molecule has 2 N–H and O–H groups in total. The Morgan fingerprint density at radius 3 is 2.63 bits per heavy atom. The van der Waals surface area contributed by atoms with Crippen molar-refractivity contribution in [2.45, 2.75) is 38.8 Å². The number of nitrogens with one attached hydrogen (secondary N) is 1. The number of piperidine rings is 1. The summed E-state index contributed by atoms with van der Waals surface area (Å²) in [5, 5.41) is 21.3. The molecule has 0 aromatic heterocycles. The van der Waals surface area contributed by atoms with Crippen LogP contribution < -0.4 is 14.8 Å². The second kappa shape index (κ2) is 11.9. The van der Waals surface area contributed by atoms with Gasteiger partial charge in [-0.15, -0.1) is 0 Å². The van der Waals surface area contributed by atoms with Crippen LogP contribution in [0.4, 0.5) is 14.9 Å². The minimum atomic E-state index is -1.23. The fourth-order valence-electron chi connectivity index (χ4n) is 3.82. The van der Waals surface area contributed by atoms with Gasteiger partial charge >= 0.3 is 12.1 Å². The number of halogens is 1. The number of carbonyl (C=O) groups excluding carboxylic acids is 1. The molecule has 9 nitrogen and oxygen atoms in total. The molecule has 186 valence electrons. The van der Waals surface area contributed by atoms with Crippen molar-refractivity contribution in [2.75, 3.05) is 31.6 Å². The molecule has 3 rings (SSSR count). The number of hydrogen-bond donors (Lipinski definition) is 2. The molecule has 2 unspecified atom stereocenters. The van der Waals surface area contributed by atoms with Crippen molar-refractivity contribution < 1.29 is 33.3 Å². The van der Waals surface area contributed by atoms with E-state index in [1.54, 1.807) is 38.1 Å². The highest BCUT2D eigenvalue weighted by atomic mass is 19.1. The Bertz CT molecular complexity index is 1090. The Balaban J connectivity index is 1.97. The van der Waals surface area contributed by atoms with Gasteiger partial charge < -0.3 is 29.5 Å². The summed E-state index contributed by atoms with van der Waals surface area (Å²) in [5.41, 5.74) is 0.876. The van der Waals surface area contributed by atoms with E-state index < -0.39 is 30.0 Å². The van der Waals surface area contributed by atoms with Crippen molar-refractivity contribution in [3.63, 3.8) is 0 Å². The van der Waals surface area contributed by atoms with Crippen LogP contribution in [0.25, 0.3) is 0 Å². The van der Waals surface area contributed by atoms with E-state index in [1.165, 1.54) is 17.0 Å². The zero-order valence-electron chi connectivity index (χ0n) is 19.6. The number of ether oxygens (including phenoxy) is 3. The summed E-state index contributed by atoms with van der Waals surface area (Å²) in [6.45, 7) is 4.30. The molecule has 1 saturated heterocycles. The van der Waals surface area contributed by atoms with Crippen LogP contribution in [0.1, 0.15) is 43.9 Å². The standard InChI is InChI=1S/C25H28FN3O6/c1-3-33-19-12-20(22(26)21(13-19)35-18-6-5-11-29(15-18)25(31)32)23(24(30)34-4-2)28-17-9-7-16(14-27)8-10-17/h7-10,12-13,18,23,28H,3-6,11,15H2,1-2H3,(H,31,32). The number of anilines is 1. The maximum Gasteiger partial charge on any atom is 0.407 e. The summed E-state index contributed by atoms with van der Waals surface area (Å²) in [6.07, 6.45) is -0.465. The molecule has 2 aromatic carbocycles. The number of nitrogens with zero attached hydrogens (tertiary/aromatic N) is 2. The molecule has 1 heterocycles. The highest BCUT2D eigenvalue weighted by molar-refractivity contribution is 5.81. The second-order valence-electron chi connectivity index (χ2n) is 7.89. The number of rotatable bonds is 9. The fraction of sp³-hybridized carbons (Fsp3) is 0.400. The number of benzene rings is 2. The van der Waals surface area contributed by atoms with Gasteiger partial charge in [-0.1, -0.05) is 0 Å². The van der Waals surface area contributed by atoms with Gasteiger partial charge in [0.05, 0.1) is 31.4 Å². The number of carboxylic acid groups (broad SMARTS) is 1. The summed E-state index contributed by atoms with van der Waals surface area (Å²) in [4.78, 5) is 25.4. The fourth-order valence-corrected chi connectivity index (χ4v) is 3.82. The molecule has 2 atom stereocenters. The van der Waals surface area contributed by atoms with Crippen LogP contribution >= 0.6 is 0 Å². The first-order valence-electron chi connectivity index (χ1n) is 11.4. The van der Waals surface area contributed by atoms with Crippen LogP contribution in [0.3, 0.4) is 0 Å². The molecule has 10 heteroatoms. The van der Waals surface area contributed by atoms with Crippen molar-refractivity contribution in [2.24, 2.45) is 0 Å². The molecule has 1 amide bonds. The lowest BCUT2D eigenvalue weighted by molar-refractivity contribution is -0.144. The van der Waals surface area contributed by atoms with Crippen molar-refractivity contribution in [1.82, 2.24) is 4.90 Å². The monoisotopic (exact) mass is 485 g/mol. The van der Waals surface area contributed by atoms with E-state index in [0.717, 1.165) is 0 Å². The van der Waals surface area contributed by atoms with Gasteiger partial charge in [-0.2, -0.15) is 5.26 Å². The molecule has 0 saturated carbocycles. The van der Waals surface area contributed by atoms with E-state index >= 15 is 4.39 Å². The Labute approximate surface area is 203 Å². The topological polar surface area (TPSA) is 121 Å². The van der Waals surface area contributed by atoms with Gasteiger partial charge in [-0.05, 0) is 57.0 Å². The maximum atomic E-state index is 15.8. The van der Waals surface area contributed by atoms with Gasteiger partial charge in [0.15, 0.2) is 17.6 Å². The predicted molar refractivity (Wildman–Crippen MR) is 125 cm³/mol. The van der Waals surface area contributed by atoms with Gasteiger partial charge in [0, 0.05) is 23.9 Å². The lowest BCUT2D eigenvalue weighted by Crippen LogP contribution is -2.43. The van der Waals surface area contributed by atoms with E-state index in [4.69, 9.17) is 19.5 Å². The van der Waals surface area contributed by atoms with E-state index in [-0.39, 0.29) is 24.5 Å². The summed E-state index contributed by atoms with van der Waals surface area (Å²) < 4.78 is 32.4. The third kappa shape index (κ3) is 6.53. The molecule has 1 fully saturated rings. The van der Waals surface area contributed by atoms with Gasteiger partial charge in [0.1, 0.15) is 11.9 Å². The number of esters is 1. The van der Waals surface area contributed by atoms with Crippen molar-refractivity contribution >= 4 is 17.7 Å². The summed E-state index contributed by atoms with van der Waals surface area (Å²) >= 11 is 0. The molecule has 35 heavy (non-hydrogen) atoms. The Hall–Kier alpha value is -4.00. The molecular formula is C25H28FN3O6. The second-order valence-corrected chi connectivity index (χ2v) is 7.89. The largest absolute Gasteiger partial charge is 0.494 e. The average Bonchev–Trinajstić information content (AvgIpc) is 2.85. The van der Waals surface area contributed by atoms with Crippen LogP contribution in [-0.2, 0) is 9.53 Å². The highest BCUT2D eigenvalue weighted by Crippen LogP contribution is 2.35. The molecule has 2 aromatic rings.